The molecule has 2 heteroatoms. The summed E-state index contributed by atoms with van der Waals surface area (Å²) >= 11 is 0. The molecule has 2 aromatic carbocycles. The maximum atomic E-state index is 11.9. The normalized spacial score (nSPS) is 10.2. The van der Waals surface area contributed by atoms with Gasteiger partial charge in [-0.15, -0.1) is 0 Å². The summed E-state index contributed by atoms with van der Waals surface area (Å²) in [5, 5.41) is 0. The van der Waals surface area contributed by atoms with Gasteiger partial charge in [-0.3, -0.25) is 4.79 Å². The maximum Gasteiger partial charge on any atom is 0.166 e. The van der Waals surface area contributed by atoms with Gasteiger partial charge in [0.2, 0.25) is 0 Å². The van der Waals surface area contributed by atoms with Gasteiger partial charge in [0.25, 0.3) is 0 Å². The van der Waals surface area contributed by atoms with Gasteiger partial charge in [-0.05, 0) is 24.6 Å². The Labute approximate surface area is 114 Å². The first-order valence-electron chi connectivity index (χ1n) is 6.51. The number of Topliss-reactive ketones (excluding diaryl/α,β-unsaturated/α-hetero) is 1. The van der Waals surface area contributed by atoms with Crippen molar-refractivity contribution in [1.29, 1.82) is 0 Å². The molecule has 2 nitrogen and oxygen atoms in total. The van der Waals surface area contributed by atoms with Crippen LogP contribution >= 0.6 is 0 Å². The number of ketones is 1. The highest BCUT2D eigenvalue weighted by Crippen LogP contribution is 2.22. The molecule has 19 heavy (non-hydrogen) atoms. The minimum absolute atomic E-state index is 0.117. The van der Waals surface area contributed by atoms with E-state index in [0.29, 0.717) is 24.3 Å². The summed E-state index contributed by atoms with van der Waals surface area (Å²) in [4.78, 5) is 11.9. The lowest BCUT2D eigenvalue weighted by molar-refractivity contribution is 0.0983. The lowest BCUT2D eigenvalue weighted by Gasteiger charge is -2.11. The highest BCUT2D eigenvalue weighted by Gasteiger charge is 2.11. The van der Waals surface area contributed by atoms with E-state index in [1.54, 1.807) is 0 Å². The first-order valence-corrected chi connectivity index (χ1v) is 6.51. The number of rotatable bonds is 5. The molecule has 0 unspecified atom stereocenters. The monoisotopic (exact) mass is 254 g/mol. The van der Waals surface area contributed by atoms with E-state index in [1.165, 1.54) is 0 Å². The Balaban J connectivity index is 2.18. The van der Waals surface area contributed by atoms with Crippen molar-refractivity contribution in [3.8, 4) is 5.75 Å². The molecule has 0 heterocycles. The average molecular weight is 254 g/mol. The van der Waals surface area contributed by atoms with Crippen molar-refractivity contribution < 1.29 is 9.53 Å². The van der Waals surface area contributed by atoms with Crippen LogP contribution in [0.1, 0.15) is 34.8 Å². The van der Waals surface area contributed by atoms with Crippen LogP contribution in [0.25, 0.3) is 0 Å². The summed E-state index contributed by atoms with van der Waals surface area (Å²) in [5.41, 5.74) is 2.85. The van der Waals surface area contributed by atoms with E-state index in [-0.39, 0.29) is 5.78 Å². The third-order valence-corrected chi connectivity index (χ3v) is 2.99. The van der Waals surface area contributed by atoms with E-state index in [2.05, 4.69) is 0 Å². The standard InChI is InChI=1S/C17H18O2/c1-3-16(18)15-11-13(2)9-10-17(15)19-12-14-7-5-4-6-8-14/h4-11H,3,12H2,1-2H3. The Kier molecular flexibility index (Phi) is 4.35. The molecule has 0 atom stereocenters. The highest BCUT2D eigenvalue weighted by atomic mass is 16.5. The predicted octanol–water partition coefficient (Wildman–Crippen LogP) is 4.17. The van der Waals surface area contributed by atoms with E-state index in [0.717, 1.165) is 11.1 Å². The largest absolute Gasteiger partial charge is 0.488 e. The summed E-state index contributed by atoms with van der Waals surface area (Å²) in [6, 6.07) is 15.7. The third-order valence-electron chi connectivity index (χ3n) is 2.99. The Morgan fingerprint density at radius 2 is 1.84 bits per heavy atom. The summed E-state index contributed by atoms with van der Waals surface area (Å²) in [5.74, 6) is 0.785. The van der Waals surface area contributed by atoms with Gasteiger partial charge >= 0.3 is 0 Å². The van der Waals surface area contributed by atoms with Gasteiger partial charge in [-0.25, -0.2) is 0 Å². The van der Waals surface area contributed by atoms with Gasteiger partial charge in [0.15, 0.2) is 5.78 Å². The predicted molar refractivity (Wildman–Crippen MR) is 76.6 cm³/mol. The number of carbonyl (C=O) groups excluding carboxylic acids is 1. The zero-order valence-electron chi connectivity index (χ0n) is 11.3. The summed E-state index contributed by atoms with van der Waals surface area (Å²) in [6.07, 6.45) is 0.491. The molecule has 0 radical (unpaired) electrons. The fraction of sp³-hybridized carbons (Fsp3) is 0.235. The van der Waals surface area contributed by atoms with Crippen molar-refractivity contribution in [2.75, 3.05) is 0 Å². The summed E-state index contributed by atoms with van der Waals surface area (Å²) in [6.45, 7) is 4.33. The average Bonchev–Trinajstić information content (AvgIpc) is 2.46. The molecule has 0 amide bonds. The van der Waals surface area contributed by atoms with E-state index in [1.807, 2.05) is 62.4 Å². The van der Waals surface area contributed by atoms with Crippen LogP contribution in [-0.4, -0.2) is 5.78 Å². The van der Waals surface area contributed by atoms with Crippen LogP contribution in [0.3, 0.4) is 0 Å². The molecule has 0 saturated carbocycles. The molecule has 0 aliphatic carbocycles. The van der Waals surface area contributed by atoms with Crippen molar-refractivity contribution >= 4 is 5.78 Å². The lowest BCUT2D eigenvalue weighted by atomic mass is 10.0. The number of benzene rings is 2. The smallest absolute Gasteiger partial charge is 0.166 e. The molecular formula is C17H18O2. The molecular weight excluding hydrogens is 236 g/mol. The van der Waals surface area contributed by atoms with Crippen LogP contribution in [0.5, 0.6) is 5.75 Å². The van der Waals surface area contributed by atoms with Gasteiger partial charge in [0.1, 0.15) is 12.4 Å². The minimum atomic E-state index is 0.117. The Bertz CT molecular complexity index is 559. The Hall–Kier alpha value is -2.09. The Morgan fingerprint density at radius 3 is 2.53 bits per heavy atom. The molecule has 0 aliphatic rings. The van der Waals surface area contributed by atoms with Crippen LogP contribution in [0.2, 0.25) is 0 Å². The van der Waals surface area contributed by atoms with Crippen molar-refractivity contribution in [1.82, 2.24) is 0 Å². The first kappa shape index (κ1) is 13.3. The van der Waals surface area contributed by atoms with E-state index in [4.69, 9.17) is 4.74 Å². The van der Waals surface area contributed by atoms with Gasteiger partial charge in [-0.2, -0.15) is 0 Å². The SMILES string of the molecule is CCC(=O)c1cc(C)ccc1OCc1ccccc1. The number of hydrogen-bond acceptors (Lipinski definition) is 2. The van der Waals surface area contributed by atoms with E-state index in [9.17, 15) is 4.79 Å². The number of ether oxygens (including phenoxy) is 1. The summed E-state index contributed by atoms with van der Waals surface area (Å²) in [7, 11) is 0. The number of aryl methyl sites for hydroxylation is 1. The van der Waals surface area contributed by atoms with Crippen LogP contribution in [0, 0.1) is 6.92 Å². The molecule has 0 spiro atoms. The topological polar surface area (TPSA) is 26.3 Å². The zero-order chi connectivity index (χ0) is 13.7. The van der Waals surface area contributed by atoms with Gasteiger partial charge < -0.3 is 4.74 Å². The second-order valence-corrected chi connectivity index (χ2v) is 4.55. The van der Waals surface area contributed by atoms with Crippen molar-refractivity contribution in [2.45, 2.75) is 26.9 Å². The van der Waals surface area contributed by atoms with Gasteiger partial charge in [0, 0.05) is 6.42 Å². The molecule has 0 saturated heterocycles. The third kappa shape index (κ3) is 3.44. The second kappa shape index (κ2) is 6.19. The molecule has 2 rings (SSSR count). The molecule has 0 N–H and O–H groups in total. The quantitative estimate of drug-likeness (QED) is 0.749. The molecule has 0 fully saturated rings. The van der Waals surface area contributed by atoms with E-state index >= 15 is 0 Å². The van der Waals surface area contributed by atoms with E-state index < -0.39 is 0 Å². The number of hydrogen-bond donors (Lipinski definition) is 0. The molecule has 2 aromatic rings. The summed E-state index contributed by atoms with van der Waals surface area (Å²) < 4.78 is 5.78. The zero-order valence-corrected chi connectivity index (χ0v) is 11.3. The van der Waals surface area contributed by atoms with Crippen molar-refractivity contribution in [3.05, 3.63) is 65.2 Å². The van der Waals surface area contributed by atoms with Crippen LogP contribution in [0.4, 0.5) is 0 Å². The highest BCUT2D eigenvalue weighted by molar-refractivity contribution is 5.98. The number of carbonyl (C=O) groups is 1. The van der Waals surface area contributed by atoms with Gasteiger partial charge in [-0.1, -0.05) is 48.9 Å². The molecule has 0 aliphatic heterocycles. The van der Waals surface area contributed by atoms with Crippen molar-refractivity contribution in [3.63, 3.8) is 0 Å². The lowest BCUT2D eigenvalue weighted by Crippen LogP contribution is -2.03. The van der Waals surface area contributed by atoms with Crippen LogP contribution in [-0.2, 0) is 6.61 Å². The molecule has 98 valence electrons. The molecule has 0 bridgehead atoms. The van der Waals surface area contributed by atoms with Crippen LogP contribution in [0.15, 0.2) is 48.5 Å². The maximum absolute atomic E-state index is 11.9. The fourth-order valence-corrected chi connectivity index (χ4v) is 1.91. The first-order chi connectivity index (χ1) is 9.20. The minimum Gasteiger partial charge on any atom is -0.488 e. The Morgan fingerprint density at radius 1 is 1.11 bits per heavy atom. The molecule has 0 aromatic heterocycles. The van der Waals surface area contributed by atoms with Crippen molar-refractivity contribution in [2.24, 2.45) is 0 Å². The fourth-order valence-electron chi connectivity index (χ4n) is 1.91. The van der Waals surface area contributed by atoms with Crippen LogP contribution < -0.4 is 4.74 Å². The van der Waals surface area contributed by atoms with Gasteiger partial charge in [0.05, 0.1) is 5.56 Å². The second-order valence-electron chi connectivity index (χ2n) is 4.55.